The molecule has 0 spiro atoms. The van der Waals surface area contributed by atoms with Gasteiger partial charge in [0.05, 0.1) is 11.4 Å². The van der Waals surface area contributed by atoms with Gasteiger partial charge in [0.15, 0.2) is 0 Å². The van der Waals surface area contributed by atoms with Crippen LogP contribution >= 0.6 is 11.8 Å². The van der Waals surface area contributed by atoms with Gasteiger partial charge >= 0.3 is 0 Å². The van der Waals surface area contributed by atoms with Crippen molar-refractivity contribution in [2.75, 3.05) is 36.8 Å². The molecule has 0 atom stereocenters. The predicted octanol–water partition coefficient (Wildman–Crippen LogP) is 1.63. The molecule has 2 N–H and O–H groups in total. The van der Waals surface area contributed by atoms with Crippen molar-refractivity contribution in [2.24, 2.45) is 0 Å². The average molecular weight is 321 g/mol. The van der Waals surface area contributed by atoms with Crippen molar-refractivity contribution >= 4 is 29.3 Å². The summed E-state index contributed by atoms with van der Waals surface area (Å²) in [4.78, 5) is 26.7. The van der Waals surface area contributed by atoms with Crippen LogP contribution in [-0.2, 0) is 9.59 Å². The van der Waals surface area contributed by atoms with Crippen molar-refractivity contribution < 1.29 is 9.59 Å². The summed E-state index contributed by atoms with van der Waals surface area (Å²) in [6.45, 7) is 4.91. The normalized spacial score (nSPS) is 13.9. The maximum atomic E-state index is 12.1. The molecule has 0 saturated carbocycles. The fourth-order valence-corrected chi connectivity index (χ4v) is 3.23. The van der Waals surface area contributed by atoms with Crippen LogP contribution in [0.25, 0.3) is 0 Å². The molecule has 5 nitrogen and oxygen atoms in total. The highest BCUT2D eigenvalue weighted by molar-refractivity contribution is 8.00. The van der Waals surface area contributed by atoms with E-state index in [0.29, 0.717) is 25.3 Å². The number of thioether (sulfide) groups is 1. The molecule has 1 heterocycles. The molecule has 1 aromatic carbocycles. The van der Waals surface area contributed by atoms with Crippen molar-refractivity contribution in [2.45, 2.75) is 24.7 Å². The van der Waals surface area contributed by atoms with Crippen LogP contribution in [-0.4, -0.2) is 43.7 Å². The van der Waals surface area contributed by atoms with Gasteiger partial charge in [0.25, 0.3) is 0 Å². The maximum Gasteiger partial charge on any atom is 0.237 e. The molecular weight excluding hydrogens is 298 g/mol. The number of benzene rings is 1. The summed E-state index contributed by atoms with van der Waals surface area (Å²) >= 11 is 1.56. The monoisotopic (exact) mass is 321 g/mol. The molecule has 1 aromatic rings. The van der Waals surface area contributed by atoms with Crippen molar-refractivity contribution in [3.8, 4) is 0 Å². The van der Waals surface area contributed by atoms with Crippen LogP contribution in [0, 0.1) is 0 Å². The van der Waals surface area contributed by atoms with Crippen LogP contribution in [0.3, 0.4) is 0 Å². The van der Waals surface area contributed by atoms with E-state index in [0.717, 1.165) is 30.1 Å². The van der Waals surface area contributed by atoms with Crippen LogP contribution in [0.2, 0.25) is 0 Å². The van der Waals surface area contributed by atoms with E-state index >= 15 is 0 Å². The number of anilines is 1. The fraction of sp³-hybridized carbons (Fsp3) is 0.500. The number of hydrogen-bond acceptors (Lipinski definition) is 4. The summed E-state index contributed by atoms with van der Waals surface area (Å²) in [5.41, 5.74) is 0.918. The second-order valence-electron chi connectivity index (χ2n) is 5.15. The van der Waals surface area contributed by atoms with Crippen molar-refractivity contribution in [1.82, 2.24) is 10.6 Å². The number of carbonyl (C=O) groups excluding carboxylic acids is 2. The second kappa shape index (κ2) is 8.80. The maximum absolute atomic E-state index is 12.1. The average Bonchev–Trinajstić information content (AvgIpc) is 2.53. The first-order valence-electron chi connectivity index (χ1n) is 7.72. The molecule has 0 radical (unpaired) electrons. The van der Waals surface area contributed by atoms with Crippen LogP contribution in [0.4, 0.5) is 5.69 Å². The van der Waals surface area contributed by atoms with Crippen LogP contribution < -0.4 is 15.5 Å². The Morgan fingerprint density at radius 3 is 2.91 bits per heavy atom. The lowest BCUT2D eigenvalue weighted by atomic mass is 10.2. The lowest BCUT2D eigenvalue weighted by Gasteiger charge is -2.28. The number of para-hydroxylation sites is 1. The molecule has 2 rings (SSSR count). The number of amides is 2. The molecular formula is C16H23N3O2S. The molecule has 1 aliphatic heterocycles. The number of carbonyl (C=O) groups is 2. The molecule has 0 aromatic heterocycles. The summed E-state index contributed by atoms with van der Waals surface area (Å²) in [5.74, 6) is 0.502. The zero-order chi connectivity index (χ0) is 15.8. The largest absolute Gasteiger partial charge is 0.355 e. The topological polar surface area (TPSA) is 61.4 Å². The number of rotatable bonds is 8. The van der Waals surface area contributed by atoms with E-state index < -0.39 is 0 Å². The summed E-state index contributed by atoms with van der Waals surface area (Å²) in [5, 5.41) is 6.11. The minimum Gasteiger partial charge on any atom is -0.355 e. The minimum absolute atomic E-state index is 0.0122. The van der Waals surface area contributed by atoms with E-state index in [2.05, 4.69) is 17.6 Å². The van der Waals surface area contributed by atoms with Gasteiger partial charge in [-0.05, 0) is 25.1 Å². The van der Waals surface area contributed by atoms with Gasteiger partial charge in [-0.2, -0.15) is 0 Å². The summed E-state index contributed by atoms with van der Waals surface area (Å²) in [7, 11) is 0. The van der Waals surface area contributed by atoms with Gasteiger partial charge in [-0.1, -0.05) is 19.1 Å². The summed E-state index contributed by atoms with van der Waals surface area (Å²) in [6.07, 6.45) is 1.42. The Bertz CT molecular complexity index is 522. The number of hydrogen-bond donors (Lipinski definition) is 2. The van der Waals surface area contributed by atoms with E-state index in [1.165, 1.54) is 0 Å². The third kappa shape index (κ3) is 4.74. The first-order valence-corrected chi connectivity index (χ1v) is 8.70. The molecule has 1 aliphatic rings. The van der Waals surface area contributed by atoms with Crippen molar-refractivity contribution in [3.05, 3.63) is 24.3 Å². The van der Waals surface area contributed by atoms with Crippen LogP contribution in [0.15, 0.2) is 29.2 Å². The third-order valence-electron chi connectivity index (χ3n) is 3.42. The third-order valence-corrected chi connectivity index (χ3v) is 4.47. The number of fused-ring (bicyclic) bond motifs is 1. The molecule has 6 heteroatoms. The van der Waals surface area contributed by atoms with Gasteiger partial charge in [-0.3, -0.25) is 9.59 Å². The van der Waals surface area contributed by atoms with Crippen molar-refractivity contribution in [1.29, 1.82) is 0 Å². The predicted molar refractivity (Wildman–Crippen MR) is 90.3 cm³/mol. The molecule has 0 unspecified atom stereocenters. The van der Waals surface area contributed by atoms with Crippen LogP contribution in [0.5, 0.6) is 0 Å². The Morgan fingerprint density at radius 2 is 2.09 bits per heavy atom. The molecule has 120 valence electrons. The fourth-order valence-electron chi connectivity index (χ4n) is 2.29. The van der Waals surface area contributed by atoms with Gasteiger partial charge in [0.1, 0.15) is 0 Å². The highest BCUT2D eigenvalue weighted by Gasteiger charge is 2.24. The molecule has 0 saturated heterocycles. The zero-order valence-electron chi connectivity index (χ0n) is 12.9. The molecule has 0 aliphatic carbocycles. The minimum atomic E-state index is -0.0122. The first kappa shape index (κ1) is 16.8. The Labute approximate surface area is 135 Å². The Balaban J connectivity index is 1.79. The Morgan fingerprint density at radius 1 is 1.27 bits per heavy atom. The SMILES string of the molecule is CCCNCCNC(=O)CCN1C(=O)CSc2ccccc21. The lowest BCUT2D eigenvalue weighted by Crippen LogP contribution is -2.39. The van der Waals surface area contributed by atoms with Gasteiger partial charge in [-0.15, -0.1) is 11.8 Å². The molecule has 0 fully saturated rings. The van der Waals surface area contributed by atoms with E-state index in [-0.39, 0.29) is 11.8 Å². The van der Waals surface area contributed by atoms with Crippen molar-refractivity contribution in [3.63, 3.8) is 0 Å². The lowest BCUT2D eigenvalue weighted by molar-refractivity contribution is -0.121. The highest BCUT2D eigenvalue weighted by atomic mass is 32.2. The quantitative estimate of drug-likeness (QED) is 0.715. The van der Waals surface area contributed by atoms with Gasteiger partial charge in [0, 0.05) is 31.0 Å². The van der Waals surface area contributed by atoms with Crippen LogP contribution in [0.1, 0.15) is 19.8 Å². The number of nitrogens with one attached hydrogen (secondary N) is 2. The Kier molecular flexibility index (Phi) is 6.74. The van der Waals surface area contributed by atoms with E-state index in [9.17, 15) is 9.59 Å². The smallest absolute Gasteiger partial charge is 0.237 e. The molecule has 2 amide bonds. The molecule has 0 bridgehead atoms. The summed E-state index contributed by atoms with van der Waals surface area (Å²) < 4.78 is 0. The highest BCUT2D eigenvalue weighted by Crippen LogP contribution is 2.34. The summed E-state index contributed by atoms with van der Waals surface area (Å²) in [6, 6.07) is 7.84. The number of nitrogens with zero attached hydrogens (tertiary/aromatic N) is 1. The van der Waals surface area contributed by atoms with E-state index in [1.54, 1.807) is 16.7 Å². The van der Waals surface area contributed by atoms with Gasteiger partial charge in [-0.25, -0.2) is 0 Å². The van der Waals surface area contributed by atoms with Gasteiger partial charge in [0.2, 0.25) is 11.8 Å². The van der Waals surface area contributed by atoms with E-state index in [1.807, 2.05) is 24.3 Å². The van der Waals surface area contributed by atoms with E-state index in [4.69, 9.17) is 0 Å². The second-order valence-corrected chi connectivity index (χ2v) is 6.17. The van der Waals surface area contributed by atoms with Gasteiger partial charge < -0.3 is 15.5 Å². The molecule has 22 heavy (non-hydrogen) atoms. The first-order chi connectivity index (χ1) is 10.7. The Hall–Kier alpha value is -1.53. The standard InChI is InChI=1S/C16H23N3O2S/c1-2-8-17-9-10-18-15(20)7-11-19-13-5-3-4-6-14(13)22-12-16(19)21/h3-6,17H,2,7-12H2,1H3,(H,18,20). The zero-order valence-corrected chi connectivity index (χ0v) is 13.7.